The van der Waals surface area contributed by atoms with Crippen molar-refractivity contribution in [3.8, 4) is 0 Å². The Labute approximate surface area is 136 Å². The van der Waals surface area contributed by atoms with Crippen LogP contribution in [0.2, 0.25) is 0 Å². The van der Waals surface area contributed by atoms with Gasteiger partial charge in [0.25, 0.3) is 0 Å². The molecule has 5 nitrogen and oxygen atoms in total. The predicted octanol–water partition coefficient (Wildman–Crippen LogP) is 3.68. The van der Waals surface area contributed by atoms with Crippen LogP contribution >= 0.6 is 0 Å². The second-order valence-electron chi connectivity index (χ2n) is 6.11. The summed E-state index contributed by atoms with van der Waals surface area (Å²) < 4.78 is 2.34. The average Bonchev–Trinajstić information content (AvgIpc) is 2.93. The lowest BCUT2D eigenvalue weighted by Crippen LogP contribution is -2.22. The number of hydrogen-bond acceptors (Lipinski definition) is 4. The molecule has 2 N–H and O–H groups in total. The minimum Gasteiger partial charge on any atom is -0.327 e. The van der Waals surface area contributed by atoms with Crippen LogP contribution in [-0.4, -0.2) is 25.8 Å². The molecule has 0 saturated heterocycles. The van der Waals surface area contributed by atoms with Crippen LogP contribution in [0, 0.1) is 0 Å². The van der Waals surface area contributed by atoms with Crippen LogP contribution in [-0.2, 0) is 13.0 Å². The molecule has 1 unspecified atom stereocenters. The zero-order chi connectivity index (χ0) is 16.2. The largest absolute Gasteiger partial charge is 0.327 e. The molecule has 0 bridgehead atoms. The third-order valence-electron chi connectivity index (χ3n) is 4.27. The number of aromatic nitrogens is 3. The van der Waals surface area contributed by atoms with Gasteiger partial charge < -0.3 is 9.77 Å². The molecular formula is C18H24N4O. The highest BCUT2D eigenvalue weighted by Crippen LogP contribution is 2.25. The van der Waals surface area contributed by atoms with Crippen LogP contribution < -0.4 is 5.48 Å². The van der Waals surface area contributed by atoms with Gasteiger partial charge in [0.2, 0.25) is 0 Å². The van der Waals surface area contributed by atoms with Crippen molar-refractivity contribution in [2.45, 2.75) is 52.1 Å². The van der Waals surface area contributed by atoms with Crippen molar-refractivity contribution < 1.29 is 5.21 Å². The van der Waals surface area contributed by atoms with E-state index in [1.165, 1.54) is 5.52 Å². The molecule has 1 aromatic carbocycles. The number of benzene rings is 1. The molecular weight excluding hydrogens is 288 g/mol. The topological polar surface area (TPSA) is 63.0 Å². The zero-order valence-corrected chi connectivity index (χ0v) is 13.8. The van der Waals surface area contributed by atoms with Crippen molar-refractivity contribution in [3.63, 3.8) is 0 Å². The summed E-state index contributed by atoms with van der Waals surface area (Å²) in [4.78, 5) is 9.33. The van der Waals surface area contributed by atoms with Gasteiger partial charge in [-0.3, -0.25) is 4.98 Å². The fraction of sp³-hybridized carbons (Fsp3) is 0.444. The molecule has 0 saturated carbocycles. The summed E-state index contributed by atoms with van der Waals surface area (Å²) in [6.45, 7) is 5.07. The Morgan fingerprint density at radius 2 is 2.09 bits per heavy atom. The third-order valence-corrected chi connectivity index (χ3v) is 4.27. The van der Waals surface area contributed by atoms with E-state index < -0.39 is 0 Å². The van der Waals surface area contributed by atoms with Gasteiger partial charge in [-0.2, -0.15) is 0 Å². The van der Waals surface area contributed by atoms with E-state index in [4.69, 9.17) is 10.2 Å². The Hall–Kier alpha value is -1.98. The fourth-order valence-corrected chi connectivity index (χ4v) is 3.09. The van der Waals surface area contributed by atoms with Gasteiger partial charge in [-0.25, -0.2) is 10.5 Å². The fourth-order valence-electron chi connectivity index (χ4n) is 3.09. The molecule has 0 spiro atoms. The third kappa shape index (κ3) is 3.21. The number of para-hydroxylation sites is 1. The van der Waals surface area contributed by atoms with Crippen LogP contribution in [0.4, 0.5) is 0 Å². The maximum absolute atomic E-state index is 8.97. The molecule has 23 heavy (non-hydrogen) atoms. The normalized spacial score (nSPS) is 13.0. The van der Waals surface area contributed by atoms with Gasteiger partial charge >= 0.3 is 0 Å². The molecule has 0 amide bonds. The van der Waals surface area contributed by atoms with Gasteiger partial charge in [0.05, 0.1) is 17.2 Å². The van der Waals surface area contributed by atoms with Gasteiger partial charge in [0.1, 0.15) is 11.3 Å². The van der Waals surface area contributed by atoms with Crippen LogP contribution in [0.25, 0.3) is 21.9 Å². The lowest BCUT2D eigenvalue weighted by molar-refractivity contribution is 0.127. The van der Waals surface area contributed by atoms with Gasteiger partial charge in [-0.15, -0.1) is 0 Å². The molecule has 3 aromatic rings. The molecule has 0 aliphatic heterocycles. The van der Waals surface area contributed by atoms with Crippen molar-refractivity contribution in [2.75, 3.05) is 0 Å². The van der Waals surface area contributed by atoms with E-state index in [1.54, 1.807) is 0 Å². The lowest BCUT2D eigenvalue weighted by atomic mass is 10.1. The number of hydroxylamine groups is 1. The average molecular weight is 312 g/mol. The number of nitrogens with one attached hydrogen (secondary N) is 1. The maximum Gasteiger partial charge on any atom is 0.109 e. The number of rotatable bonds is 7. The van der Waals surface area contributed by atoms with E-state index in [1.807, 2.05) is 25.3 Å². The Balaban J connectivity index is 2.04. The molecule has 0 fully saturated rings. The van der Waals surface area contributed by atoms with Crippen molar-refractivity contribution >= 4 is 21.9 Å². The standard InChI is InChI=1S/C18H24N4O/c1-3-7-17-20-16-12-19-15-10-5-4-9-14(15)18(16)22(17)11-6-8-13(2)21-23/h4-5,9-10,12-13,21,23H,3,6-8,11H2,1-2H3. The molecule has 0 aliphatic rings. The summed E-state index contributed by atoms with van der Waals surface area (Å²) in [6.07, 6.45) is 5.84. The number of aryl methyl sites for hydroxylation is 2. The van der Waals surface area contributed by atoms with E-state index in [-0.39, 0.29) is 6.04 Å². The molecule has 0 radical (unpaired) electrons. The number of imidazole rings is 1. The minimum absolute atomic E-state index is 0.109. The van der Waals surface area contributed by atoms with E-state index >= 15 is 0 Å². The van der Waals surface area contributed by atoms with E-state index in [0.717, 1.165) is 54.5 Å². The molecule has 1 atom stereocenters. The highest BCUT2D eigenvalue weighted by molar-refractivity contribution is 6.02. The summed E-state index contributed by atoms with van der Waals surface area (Å²) in [5, 5.41) is 10.1. The van der Waals surface area contributed by atoms with Crippen LogP contribution in [0.1, 0.15) is 38.9 Å². The molecule has 5 heteroatoms. The summed E-state index contributed by atoms with van der Waals surface area (Å²) in [5.74, 6) is 1.13. The number of fused-ring (bicyclic) bond motifs is 3. The maximum atomic E-state index is 8.97. The first kappa shape index (κ1) is 15.9. The number of nitrogens with zero attached hydrogens (tertiary/aromatic N) is 3. The smallest absolute Gasteiger partial charge is 0.109 e. The van der Waals surface area contributed by atoms with E-state index in [9.17, 15) is 0 Å². The number of hydrogen-bond donors (Lipinski definition) is 2. The quantitative estimate of drug-likeness (QED) is 0.653. The second kappa shape index (κ2) is 7.06. The first-order chi connectivity index (χ1) is 11.2. The van der Waals surface area contributed by atoms with Crippen molar-refractivity contribution in [1.29, 1.82) is 0 Å². The van der Waals surface area contributed by atoms with Gasteiger partial charge in [-0.05, 0) is 32.3 Å². The molecule has 2 aromatic heterocycles. The SMILES string of the molecule is CCCc1nc2cnc3ccccc3c2n1CCCC(C)NO. The second-order valence-corrected chi connectivity index (χ2v) is 6.11. The number of pyridine rings is 1. The van der Waals surface area contributed by atoms with E-state index in [0.29, 0.717) is 0 Å². The summed E-state index contributed by atoms with van der Waals surface area (Å²) in [7, 11) is 0. The zero-order valence-electron chi connectivity index (χ0n) is 13.8. The summed E-state index contributed by atoms with van der Waals surface area (Å²) in [5.41, 5.74) is 5.48. The minimum atomic E-state index is 0.109. The Morgan fingerprint density at radius 3 is 2.87 bits per heavy atom. The highest BCUT2D eigenvalue weighted by atomic mass is 16.5. The summed E-state index contributed by atoms with van der Waals surface area (Å²) in [6, 6.07) is 8.35. The monoisotopic (exact) mass is 312 g/mol. The Bertz CT molecular complexity index is 796. The lowest BCUT2D eigenvalue weighted by Gasteiger charge is -2.12. The Kier molecular flexibility index (Phi) is 4.88. The Morgan fingerprint density at radius 1 is 1.26 bits per heavy atom. The van der Waals surface area contributed by atoms with Crippen LogP contribution in [0.15, 0.2) is 30.5 Å². The van der Waals surface area contributed by atoms with Crippen molar-refractivity contribution in [3.05, 3.63) is 36.3 Å². The van der Waals surface area contributed by atoms with Crippen molar-refractivity contribution in [1.82, 2.24) is 20.0 Å². The van der Waals surface area contributed by atoms with Gasteiger partial charge in [0.15, 0.2) is 0 Å². The summed E-state index contributed by atoms with van der Waals surface area (Å²) >= 11 is 0. The van der Waals surface area contributed by atoms with Gasteiger partial charge in [-0.1, -0.05) is 25.1 Å². The molecule has 3 rings (SSSR count). The highest BCUT2D eigenvalue weighted by Gasteiger charge is 2.13. The van der Waals surface area contributed by atoms with Crippen LogP contribution in [0.5, 0.6) is 0 Å². The van der Waals surface area contributed by atoms with Gasteiger partial charge in [0, 0.05) is 24.4 Å². The molecule has 0 aliphatic carbocycles. The first-order valence-corrected chi connectivity index (χ1v) is 8.37. The molecule has 2 heterocycles. The first-order valence-electron chi connectivity index (χ1n) is 8.37. The predicted molar refractivity (Wildman–Crippen MR) is 92.6 cm³/mol. The van der Waals surface area contributed by atoms with Crippen LogP contribution in [0.3, 0.4) is 0 Å². The van der Waals surface area contributed by atoms with Crippen molar-refractivity contribution in [2.24, 2.45) is 0 Å². The van der Waals surface area contributed by atoms with E-state index in [2.05, 4.69) is 34.1 Å². The molecule has 122 valence electrons.